The Labute approximate surface area is 245 Å². The summed E-state index contributed by atoms with van der Waals surface area (Å²) in [7, 11) is 0. The fourth-order valence-electron chi connectivity index (χ4n) is 5.02. The molecule has 0 aliphatic rings. The van der Waals surface area contributed by atoms with Crippen LogP contribution < -0.4 is 0 Å². The van der Waals surface area contributed by atoms with E-state index in [-0.39, 0.29) is 0 Å². The maximum absolute atomic E-state index is 5.92. The summed E-state index contributed by atoms with van der Waals surface area (Å²) in [6.07, 6.45) is 39.9. The van der Waals surface area contributed by atoms with Gasteiger partial charge in [-0.05, 0) is 12.5 Å². The summed E-state index contributed by atoms with van der Waals surface area (Å²) in [5.41, 5.74) is 0. The lowest BCUT2D eigenvalue weighted by molar-refractivity contribution is 0.514. The van der Waals surface area contributed by atoms with E-state index in [4.69, 9.17) is 33.2 Å². The van der Waals surface area contributed by atoms with Crippen molar-refractivity contribution in [1.29, 1.82) is 0 Å². The molecule has 0 atom stereocenters. The maximum Gasteiger partial charge on any atom is 0.341 e. The molecule has 0 N–H and O–H groups in total. The van der Waals surface area contributed by atoms with Crippen molar-refractivity contribution in [2.24, 2.45) is 0 Å². The predicted octanol–water partition coefficient (Wildman–Crippen LogP) is 14.0. The first-order chi connectivity index (χ1) is 17.1. The van der Waals surface area contributed by atoms with Crippen LogP contribution in [-0.4, -0.2) is 11.3 Å². The molecule has 0 amide bonds. The third kappa shape index (κ3) is 35.6. The fourth-order valence-corrected chi connectivity index (χ4v) is 7.27. The molecule has 0 fully saturated rings. The summed E-state index contributed by atoms with van der Waals surface area (Å²) in [5, 5.41) is 1.18. The minimum Gasteiger partial charge on any atom is -0.126 e. The largest absolute Gasteiger partial charge is 0.341 e. The van der Waals surface area contributed by atoms with Crippen LogP contribution in [-0.2, 0) is 0 Å². The number of rotatable bonds is 30. The van der Waals surface area contributed by atoms with Crippen molar-refractivity contribution in [3.05, 3.63) is 0 Å². The second-order valence-electron chi connectivity index (χ2n) is 11.0. The number of hydrogen-bond donors (Lipinski definition) is 0. The third-order valence-corrected chi connectivity index (χ3v) is 10.5. The van der Waals surface area contributed by atoms with Gasteiger partial charge in [0.2, 0.25) is 0 Å². The molecule has 0 aliphatic heterocycles. The lowest BCUT2D eigenvalue weighted by atomic mass is 10.0. The molecule has 0 bridgehead atoms. The molecule has 0 saturated heterocycles. The molecule has 0 aromatic carbocycles. The van der Waals surface area contributed by atoms with Gasteiger partial charge in [-0.2, -0.15) is 0 Å². The van der Waals surface area contributed by atoms with Gasteiger partial charge in [0.05, 0.1) is 0 Å². The van der Waals surface area contributed by atoms with Gasteiger partial charge in [-0.3, -0.25) is 0 Å². The Kier molecular flexibility index (Phi) is 31.5. The minimum absolute atomic E-state index is 0.830. The Bertz CT molecular complexity index is 390. The van der Waals surface area contributed by atoms with E-state index >= 15 is 0 Å². The summed E-state index contributed by atoms with van der Waals surface area (Å²) in [4.78, 5) is 0. The van der Waals surface area contributed by atoms with Crippen LogP contribution in [0.1, 0.15) is 180 Å². The molecule has 0 rings (SSSR count). The van der Waals surface area contributed by atoms with Gasteiger partial charge in [-0.15, -0.1) is 33.2 Å². The topological polar surface area (TPSA) is 0 Å². The number of alkyl halides is 1. The van der Waals surface area contributed by atoms with Crippen LogP contribution in [0, 0.1) is 0 Å². The van der Waals surface area contributed by atoms with Crippen LogP contribution >= 0.6 is 49.2 Å². The Morgan fingerprint density at radius 1 is 0.286 bits per heavy atom. The molecular formula is C30H60BrCl3Si. The van der Waals surface area contributed by atoms with Crippen LogP contribution in [0.2, 0.25) is 6.04 Å². The molecule has 0 aliphatic carbocycles. The van der Waals surface area contributed by atoms with Gasteiger partial charge < -0.3 is 0 Å². The van der Waals surface area contributed by atoms with E-state index in [9.17, 15) is 0 Å². The van der Waals surface area contributed by atoms with Gasteiger partial charge >= 0.3 is 6.00 Å². The highest BCUT2D eigenvalue weighted by Gasteiger charge is 2.23. The smallest absolute Gasteiger partial charge is 0.126 e. The molecular weight excluding hydrogens is 575 g/mol. The lowest BCUT2D eigenvalue weighted by Gasteiger charge is -2.07. The first kappa shape index (κ1) is 36.6. The molecule has 212 valence electrons. The molecule has 0 unspecified atom stereocenters. The first-order valence-electron chi connectivity index (χ1n) is 15.7. The summed E-state index contributed by atoms with van der Waals surface area (Å²) >= 11 is 21.3. The standard InChI is InChI=1S/C30H60BrCl3Si/c31-29-27-25-23-21-19-17-15-13-11-9-7-5-3-1-2-4-6-8-10-12-14-16-18-20-22-24-26-28-30-35(32,33)34/h1-30H2. The molecule has 0 radical (unpaired) electrons. The van der Waals surface area contributed by atoms with Gasteiger partial charge in [-0.1, -0.05) is 189 Å². The van der Waals surface area contributed by atoms with E-state index < -0.39 is 6.00 Å². The van der Waals surface area contributed by atoms with E-state index in [0.717, 1.165) is 12.5 Å². The maximum atomic E-state index is 5.92. The molecule has 0 nitrogen and oxygen atoms in total. The molecule has 0 spiro atoms. The monoisotopic (exact) mass is 632 g/mol. The molecule has 0 heterocycles. The zero-order chi connectivity index (χ0) is 25.7. The van der Waals surface area contributed by atoms with E-state index in [2.05, 4.69) is 15.9 Å². The average molecular weight is 635 g/mol. The van der Waals surface area contributed by atoms with Crippen LogP contribution in [0.25, 0.3) is 0 Å². The highest BCUT2D eigenvalue weighted by molar-refractivity contribution is 9.09. The van der Waals surface area contributed by atoms with E-state index in [1.54, 1.807) is 0 Å². The minimum atomic E-state index is -2.36. The quantitative estimate of drug-likeness (QED) is 0.0319. The second-order valence-corrected chi connectivity index (χ2v) is 21.0. The highest BCUT2D eigenvalue weighted by Crippen LogP contribution is 2.27. The zero-order valence-electron chi connectivity index (χ0n) is 23.2. The Morgan fingerprint density at radius 3 is 0.629 bits per heavy atom. The van der Waals surface area contributed by atoms with E-state index in [0.29, 0.717) is 0 Å². The first-order valence-corrected chi connectivity index (χ1v) is 22.1. The van der Waals surface area contributed by atoms with Crippen molar-refractivity contribution >= 4 is 55.2 Å². The van der Waals surface area contributed by atoms with Gasteiger partial charge in [0.15, 0.2) is 0 Å². The predicted molar refractivity (Wildman–Crippen MR) is 171 cm³/mol. The fraction of sp³-hybridized carbons (Fsp3) is 1.00. The van der Waals surface area contributed by atoms with Crippen LogP contribution in [0.5, 0.6) is 0 Å². The Hall–Kier alpha value is 1.57. The third-order valence-electron chi connectivity index (χ3n) is 7.34. The molecule has 0 aromatic heterocycles. The number of halogens is 4. The summed E-state index contributed by atoms with van der Waals surface area (Å²) in [5.74, 6) is 0. The SMILES string of the molecule is Cl[Si](Cl)(Cl)CCCCCCCCCCCCCCCCCCCCCCCCCCCCCCBr. The van der Waals surface area contributed by atoms with Gasteiger partial charge in [0, 0.05) is 5.33 Å². The highest BCUT2D eigenvalue weighted by atomic mass is 79.9. The van der Waals surface area contributed by atoms with Crippen molar-refractivity contribution < 1.29 is 0 Å². The molecule has 0 saturated carbocycles. The zero-order valence-corrected chi connectivity index (χ0v) is 28.1. The van der Waals surface area contributed by atoms with Gasteiger partial charge in [0.25, 0.3) is 0 Å². The Balaban J connectivity index is 3.03. The van der Waals surface area contributed by atoms with Gasteiger partial charge in [-0.25, -0.2) is 0 Å². The number of hydrogen-bond acceptors (Lipinski definition) is 0. The van der Waals surface area contributed by atoms with Crippen molar-refractivity contribution in [3.8, 4) is 0 Å². The average Bonchev–Trinajstić information content (AvgIpc) is 2.82. The molecule has 35 heavy (non-hydrogen) atoms. The van der Waals surface area contributed by atoms with Crippen molar-refractivity contribution in [1.82, 2.24) is 0 Å². The Morgan fingerprint density at radius 2 is 0.457 bits per heavy atom. The van der Waals surface area contributed by atoms with Crippen LogP contribution in [0.15, 0.2) is 0 Å². The second kappa shape index (κ2) is 30.1. The number of unbranched alkanes of at least 4 members (excludes halogenated alkanes) is 27. The van der Waals surface area contributed by atoms with E-state index in [1.165, 1.54) is 179 Å². The van der Waals surface area contributed by atoms with Gasteiger partial charge in [0.1, 0.15) is 0 Å². The van der Waals surface area contributed by atoms with Crippen molar-refractivity contribution in [3.63, 3.8) is 0 Å². The lowest BCUT2D eigenvalue weighted by Crippen LogP contribution is -2.07. The normalized spacial score (nSPS) is 12.0. The molecule has 0 aromatic rings. The van der Waals surface area contributed by atoms with Crippen molar-refractivity contribution in [2.45, 2.75) is 186 Å². The van der Waals surface area contributed by atoms with Crippen LogP contribution in [0.4, 0.5) is 0 Å². The van der Waals surface area contributed by atoms with Crippen LogP contribution in [0.3, 0.4) is 0 Å². The summed E-state index contributed by atoms with van der Waals surface area (Å²) in [6, 6.07) is -1.53. The van der Waals surface area contributed by atoms with Crippen molar-refractivity contribution in [2.75, 3.05) is 5.33 Å². The summed E-state index contributed by atoms with van der Waals surface area (Å²) < 4.78 is 0. The summed E-state index contributed by atoms with van der Waals surface area (Å²) in [6.45, 7) is 0. The van der Waals surface area contributed by atoms with E-state index in [1.807, 2.05) is 0 Å². The molecule has 5 heteroatoms.